The molecule has 0 aromatic rings. The lowest BCUT2D eigenvalue weighted by atomic mass is 9.68. The summed E-state index contributed by atoms with van der Waals surface area (Å²) in [7, 11) is 0. The van der Waals surface area contributed by atoms with Crippen LogP contribution < -0.4 is 21.3 Å². The Bertz CT molecular complexity index is 369. The maximum absolute atomic E-state index is 4.16. The lowest BCUT2D eigenvalue weighted by molar-refractivity contribution is -0.0953. The van der Waals surface area contributed by atoms with E-state index in [1.54, 1.807) is 0 Å². The second-order valence-electron chi connectivity index (χ2n) is 8.59. The molecule has 2 aliphatic heterocycles. The van der Waals surface area contributed by atoms with Gasteiger partial charge < -0.3 is 0 Å². The number of fused-ring (bicyclic) bond motifs is 2. The van der Waals surface area contributed by atoms with Crippen molar-refractivity contribution in [3.63, 3.8) is 0 Å². The fourth-order valence-corrected chi connectivity index (χ4v) is 6.29. The lowest BCUT2D eigenvalue weighted by Crippen LogP contribution is -2.94. The summed E-state index contributed by atoms with van der Waals surface area (Å²) in [4.78, 5) is 0. The van der Waals surface area contributed by atoms with Gasteiger partial charge in [-0.3, -0.25) is 21.3 Å². The molecule has 4 heteroatoms. The first kappa shape index (κ1) is 14.2. The highest BCUT2D eigenvalue weighted by Gasteiger charge is 2.62. The Hall–Kier alpha value is -0.160. The number of nitrogens with one attached hydrogen (secondary N) is 4. The van der Waals surface area contributed by atoms with Crippen molar-refractivity contribution in [3.05, 3.63) is 0 Å². The first-order valence-corrected chi connectivity index (χ1v) is 9.91. The third-order valence-corrected chi connectivity index (χ3v) is 7.34. The summed E-state index contributed by atoms with van der Waals surface area (Å²) in [6.07, 6.45) is 16.3. The zero-order valence-corrected chi connectivity index (χ0v) is 13.8. The maximum atomic E-state index is 4.16. The fourth-order valence-electron chi connectivity index (χ4n) is 6.29. The molecule has 0 aromatic heterocycles. The molecule has 6 atom stereocenters. The molecule has 3 saturated carbocycles. The monoisotopic (exact) mass is 304 g/mol. The highest BCUT2D eigenvalue weighted by atomic mass is 15.4. The van der Waals surface area contributed by atoms with Gasteiger partial charge in [-0.15, -0.1) is 0 Å². The normalized spacial score (nSPS) is 54.5. The summed E-state index contributed by atoms with van der Waals surface area (Å²) in [5.41, 5.74) is 0.199. The van der Waals surface area contributed by atoms with Crippen molar-refractivity contribution in [1.82, 2.24) is 21.3 Å². The van der Waals surface area contributed by atoms with E-state index in [4.69, 9.17) is 0 Å². The SMILES string of the molecule is C1CC[C@H]2NC34CCCCC3(N[C@H]2C1)N[C@@H]1CCCC[C@@H]1N4. The van der Waals surface area contributed by atoms with Crippen molar-refractivity contribution in [3.8, 4) is 0 Å². The summed E-state index contributed by atoms with van der Waals surface area (Å²) in [5.74, 6) is 0. The molecule has 0 amide bonds. The van der Waals surface area contributed by atoms with E-state index >= 15 is 0 Å². The molecule has 2 heterocycles. The minimum absolute atomic E-state index is 0.0995. The number of piperazine rings is 2. The Morgan fingerprint density at radius 3 is 1.09 bits per heavy atom. The zero-order chi connectivity index (χ0) is 14.6. The number of rotatable bonds is 0. The Labute approximate surface area is 134 Å². The molecule has 0 aromatic carbocycles. The third-order valence-electron chi connectivity index (χ3n) is 7.34. The van der Waals surface area contributed by atoms with E-state index in [0.29, 0.717) is 24.2 Å². The number of hydrogen-bond donors (Lipinski definition) is 4. The lowest BCUT2D eigenvalue weighted by Gasteiger charge is -2.67. The van der Waals surface area contributed by atoms with Crippen molar-refractivity contribution in [2.75, 3.05) is 0 Å². The van der Waals surface area contributed by atoms with Crippen LogP contribution in [0.5, 0.6) is 0 Å². The van der Waals surface area contributed by atoms with Crippen molar-refractivity contribution >= 4 is 0 Å². The van der Waals surface area contributed by atoms with Gasteiger partial charge in [0.05, 0.1) is 0 Å². The second-order valence-corrected chi connectivity index (χ2v) is 8.59. The van der Waals surface area contributed by atoms with Gasteiger partial charge in [0.1, 0.15) is 11.3 Å². The second kappa shape index (κ2) is 5.17. The molecule has 124 valence electrons. The summed E-state index contributed by atoms with van der Waals surface area (Å²) < 4.78 is 0. The Kier molecular flexibility index (Phi) is 3.34. The van der Waals surface area contributed by atoms with Gasteiger partial charge in [0.15, 0.2) is 0 Å². The maximum Gasteiger partial charge on any atom is 0.102 e. The van der Waals surface area contributed by atoms with E-state index in [-0.39, 0.29) is 11.3 Å². The fraction of sp³-hybridized carbons (Fsp3) is 1.00. The van der Waals surface area contributed by atoms with Crippen LogP contribution in [0.25, 0.3) is 0 Å². The van der Waals surface area contributed by atoms with Gasteiger partial charge in [-0.25, -0.2) is 0 Å². The van der Waals surface area contributed by atoms with Crippen molar-refractivity contribution < 1.29 is 0 Å². The van der Waals surface area contributed by atoms with Gasteiger partial charge in [0.2, 0.25) is 0 Å². The molecular weight excluding hydrogens is 272 g/mol. The average molecular weight is 304 g/mol. The molecular formula is C18H32N4. The largest absolute Gasteiger partial charge is 0.292 e. The quantitative estimate of drug-likeness (QED) is 0.553. The van der Waals surface area contributed by atoms with Crippen LogP contribution in [-0.4, -0.2) is 35.5 Å². The van der Waals surface area contributed by atoms with Gasteiger partial charge in [-0.1, -0.05) is 38.5 Å². The Balaban J connectivity index is 1.50. The predicted molar refractivity (Wildman–Crippen MR) is 88.6 cm³/mol. The highest BCUT2D eigenvalue weighted by Crippen LogP contribution is 2.44. The van der Waals surface area contributed by atoms with Gasteiger partial charge in [-0.05, 0) is 38.5 Å². The molecule has 22 heavy (non-hydrogen) atoms. The van der Waals surface area contributed by atoms with Crippen molar-refractivity contribution in [1.29, 1.82) is 0 Å². The topological polar surface area (TPSA) is 48.1 Å². The van der Waals surface area contributed by atoms with E-state index in [9.17, 15) is 0 Å². The van der Waals surface area contributed by atoms with Gasteiger partial charge in [0.25, 0.3) is 0 Å². The molecule has 0 radical (unpaired) electrons. The molecule has 3 aliphatic carbocycles. The van der Waals surface area contributed by atoms with E-state index in [1.807, 2.05) is 0 Å². The predicted octanol–water partition coefficient (Wildman–Crippen LogP) is 1.96. The van der Waals surface area contributed by atoms with Crippen LogP contribution in [-0.2, 0) is 0 Å². The van der Waals surface area contributed by atoms with Crippen LogP contribution in [0.4, 0.5) is 0 Å². The molecule has 5 rings (SSSR count). The molecule has 4 nitrogen and oxygen atoms in total. The van der Waals surface area contributed by atoms with E-state index in [1.165, 1.54) is 77.0 Å². The summed E-state index contributed by atoms with van der Waals surface area (Å²) in [5, 5.41) is 16.6. The highest BCUT2D eigenvalue weighted by molar-refractivity contribution is 5.21. The van der Waals surface area contributed by atoms with Gasteiger partial charge >= 0.3 is 0 Å². The van der Waals surface area contributed by atoms with E-state index in [2.05, 4.69) is 21.3 Å². The van der Waals surface area contributed by atoms with Crippen LogP contribution in [0.2, 0.25) is 0 Å². The van der Waals surface area contributed by atoms with Crippen molar-refractivity contribution in [2.24, 2.45) is 0 Å². The third kappa shape index (κ3) is 1.97. The molecule has 5 fully saturated rings. The molecule has 4 N–H and O–H groups in total. The van der Waals surface area contributed by atoms with Crippen LogP contribution >= 0.6 is 0 Å². The summed E-state index contributed by atoms with van der Waals surface area (Å²) in [6.45, 7) is 0. The van der Waals surface area contributed by atoms with Crippen LogP contribution in [0, 0.1) is 0 Å². The summed E-state index contributed by atoms with van der Waals surface area (Å²) in [6, 6.07) is 2.70. The zero-order valence-electron chi connectivity index (χ0n) is 13.8. The molecule has 0 bridgehead atoms. The summed E-state index contributed by atoms with van der Waals surface area (Å²) >= 11 is 0. The first-order chi connectivity index (χ1) is 10.8. The molecule has 2 saturated heterocycles. The first-order valence-electron chi connectivity index (χ1n) is 9.91. The van der Waals surface area contributed by atoms with Crippen molar-refractivity contribution in [2.45, 2.75) is 113 Å². The average Bonchev–Trinajstić information content (AvgIpc) is 2.55. The number of hydrogen-bond acceptors (Lipinski definition) is 4. The molecule has 5 aliphatic rings. The van der Waals surface area contributed by atoms with E-state index < -0.39 is 0 Å². The van der Waals surface area contributed by atoms with Crippen LogP contribution in [0.1, 0.15) is 77.0 Å². The Morgan fingerprint density at radius 1 is 0.455 bits per heavy atom. The smallest absolute Gasteiger partial charge is 0.102 e. The minimum Gasteiger partial charge on any atom is -0.292 e. The molecule has 0 spiro atoms. The van der Waals surface area contributed by atoms with E-state index in [0.717, 1.165) is 0 Å². The molecule has 2 unspecified atom stereocenters. The van der Waals surface area contributed by atoms with Crippen LogP contribution in [0.3, 0.4) is 0 Å². The van der Waals surface area contributed by atoms with Gasteiger partial charge in [0, 0.05) is 24.2 Å². The van der Waals surface area contributed by atoms with Gasteiger partial charge in [-0.2, -0.15) is 0 Å². The Morgan fingerprint density at radius 2 is 0.773 bits per heavy atom. The van der Waals surface area contributed by atoms with Crippen LogP contribution in [0.15, 0.2) is 0 Å². The standard InChI is InChI=1S/C18H32N4/c1-2-8-14-13(7-1)19-17-11-5-6-12-18(17,20-14)22-16-10-4-3-9-15(16)21-17/h13-16,19-22H,1-12H2/t13-,14+,15+,16-,17?,18?. The minimum atomic E-state index is 0.0995.